The Bertz CT molecular complexity index is 333. The molecule has 1 unspecified atom stereocenters. The molecule has 0 radical (unpaired) electrons. The second-order valence-corrected chi connectivity index (χ2v) is 3.29. The van der Waals surface area contributed by atoms with E-state index in [4.69, 9.17) is 22.4 Å². The van der Waals surface area contributed by atoms with E-state index >= 15 is 0 Å². The molecule has 0 aliphatic carbocycles. The summed E-state index contributed by atoms with van der Waals surface area (Å²) in [6.07, 6.45) is -0.889. The zero-order valence-electron chi connectivity index (χ0n) is 7.37. The van der Waals surface area contributed by atoms with Crippen LogP contribution in [0.4, 0.5) is 4.39 Å². The summed E-state index contributed by atoms with van der Waals surface area (Å²) < 4.78 is 13.3. The Morgan fingerprint density at radius 3 is 2.71 bits per heavy atom. The van der Waals surface area contributed by atoms with E-state index in [9.17, 15) is 9.50 Å². The van der Waals surface area contributed by atoms with Crippen LogP contribution in [0.1, 0.15) is 18.1 Å². The number of aliphatic hydroxyl groups is 1. The van der Waals surface area contributed by atoms with Crippen LogP contribution in [-0.4, -0.2) is 16.8 Å². The summed E-state index contributed by atoms with van der Waals surface area (Å²) in [5.74, 6) is -1.42. The number of benzene rings is 1. The summed E-state index contributed by atoms with van der Waals surface area (Å²) in [4.78, 5) is 0. The summed E-state index contributed by atoms with van der Waals surface area (Å²) in [6, 6.07) is 2.46. The van der Waals surface area contributed by atoms with E-state index in [0.29, 0.717) is 0 Å². The molecule has 0 bridgehead atoms. The highest BCUT2D eigenvalue weighted by atomic mass is 35.5. The second-order valence-electron chi connectivity index (χ2n) is 2.89. The number of rotatable bonds is 3. The highest BCUT2D eigenvalue weighted by molar-refractivity contribution is 6.31. The maximum absolute atomic E-state index is 13.3. The maximum atomic E-state index is 13.3. The van der Waals surface area contributed by atoms with Gasteiger partial charge in [0.25, 0.3) is 0 Å². The quantitative estimate of drug-likeness (QED) is 0.723. The number of hydrogen-bond acceptors (Lipinski definition) is 3. The predicted molar refractivity (Wildman–Crippen MR) is 51.7 cm³/mol. The van der Waals surface area contributed by atoms with Crippen molar-refractivity contribution >= 4 is 11.6 Å². The van der Waals surface area contributed by atoms with Crippen LogP contribution in [0.2, 0.25) is 5.02 Å². The van der Waals surface area contributed by atoms with Crippen LogP contribution in [0.25, 0.3) is 0 Å². The van der Waals surface area contributed by atoms with Gasteiger partial charge in [0.1, 0.15) is 0 Å². The van der Waals surface area contributed by atoms with E-state index in [2.05, 4.69) is 0 Å². The lowest BCUT2D eigenvalue weighted by Gasteiger charge is -2.13. The second kappa shape index (κ2) is 4.59. The fourth-order valence-electron chi connectivity index (χ4n) is 1.17. The van der Waals surface area contributed by atoms with Gasteiger partial charge < -0.3 is 15.9 Å². The van der Waals surface area contributed by atoms with Crippen molar-refractivity contribution < 1.29 is 14.6 Å². The third kappa shape index (κ3) is 2.15. The first-order valence-corrected chi connectivity index (χ1v) is 4.50. The summed E-state index contributed by atoms with van der Waals surface area (Å²) in [5, 5.41) is 18.6. The van der Waals surface area contributed by atoms with Crippen LogP contribution in [0.15, 0.2) is 12.1 Å². The largest absolute Gasteiger partial charge is 0.505 e. The third-order valence-corrected chi connectivity index (χ3v) is 2.21. The molecule has 0 aliphatic rings. The van der Waals surface area contributed by atoms with Gasteiger partial charge in [0.05, 0.1) is 6.10 Å². The van der Waals surface area contributed by atoms with Crippen molar-refractivity contribution in [3.63, 3.8) is 0 Å². The van der Waals surface area contributed by atoms with E-state index in [1.807, 2.05) is 0 Å². The molecule has 0 saturated carbocycles. The molecule has 5 heteroatoms. The molecule has 1 atom stereocenters. The summed E-state index contributed by atoms with van der Waals surface area (Å²) in [5.41, 5.74) is 5.12. The van der Waals surface area contributed by atoms with Gasteiger partial charge in [0, 0.05) is 10.6 Å². The summed E-state index contributed by atoms with van der Waals surface area (Å²) in [7, 11) is 0. The number of phenols is 1. The van der Waals surface area contributed by atoms with Crippen molar-refractivity contribution in [1.29, 1.82) is 0 Å². The van der Waals surface area contributed by atoms with Crippen molar-refractivity contribution in [3.05, 3.63) is 28.5 Å². The Morgan fingerprint density at radius 1 is 1.50 bits per heavy atom. The van der Waals surface area contributed by atoms with E-state index in [1.54, 1.807) is 0 Å². The molecule has 0 fully saturated rings. The highest BCUT2D eigenvalue weighted by Gasteiger charge is 2.18. The van der Waals surface area contributed by atoms with Gasteiger partial charge >= 0.3 is 0 Å². The van der Waals surface area contributed by atoms with Crippen LogP contribution >= 0.6 is 11.6 Å². The topological polar surface area (TPSA) is 66.5 Å². The van der Waals surface area contributed by atoms with Gasteiger partial charge in [-0.25, -0.2) is 4.39 Å². The first-order chi connectivity index (χ1) is 6.57. The van der Waals surface area contributed by atoms with Gasteiger partial charge in [-0.15, -0.1) is 0 Å². The smallest absolute Gasteiger partial charge is 0.172 e. The normalized spacial score (nSPS) is 12.9. The molecule has 1 rings (SSSR count). The molecule has 14 heavy (non-hydrogen) atoms. The zero-order valence-corrected chi connectivity index (χ0v) is 8.13. The molecule has 0 heterocycles. The Labute approximate surface area is 85.9 Å². The van der Waals surface area contributed by atoms with Gasteiger partial charge in [0.2, 0.25) is 0 Å². The fraction of sp³-hybridized carbons (Fsp3) is 0.333. The number of phenolic OH excluding ortho intramolecular Hbond substituents is 1. The molecule has 0 aromatic heterocycles. The average molecular weight is 220 g/mol. The van der Waals surface area contributed by atoms with Crippen LogP contribution in [0.3, 0.4) is 0 Å². The van der Waals surface area contributed by atoms with E-state index < -0.39 is 17.7 Å². The predicted octanol–water partition coefficient (Wildman–Crippen LogP) is 1.57. The third-order valence-electron chi connectivity index (χ3n) is 1.88. The Hall–Kier alpha value is -0.840. The minimum Gasteiger partial charge on any atom is -0.505 e. The lowest BCUT2D eigenvalue weighted by Crippen LogP contribution is -2.08. The van der Waals surface area contributed by atoms with E-state index in [0.717, 1.165) is 6.07 Å². The molecular weight excluding hydrogens is 209 g/mol. The first kappa shape index (κ1) is 11.2. The van der Waals surface area contributed by atoms with Crippen LogP contribution in [0.5, 0.6) is 5.75 Å². The monoisotopic (exact) mass is 219 g/mol. The van der Waals surface area contributed by atoms with Gasteiger partial charge in [0.15, 0.2) is 11.6 Å². The molecule has 0 aliphatic heterocycles. The molecule has 1 aromatic carbocycles. The number of hydrogen-bond donors (Lipinski definition) is 3. The number of nitrogens with two attached hydrogens (primary N) is 1. The standard InChI is InChI=1S/C9H11ClFNO2/c10-5-1-2-7(14)9(11)8(5)6(13)3-4-12/h1-2,6,13-14H,3-4,12H2. The van der Waals surface area contributed by atoms with Crippen molar-refractivity contribution in [3.8, 4) is 5.75 Å². The minimum absolute atomic E-state index is 0.0845. The molecule has 3 nitrogen and oxygen atoms in total. The first-order valence-electron chi connectivity index (χ1n) is 4.13. The van der Waals surface area contributed by atoms with Crippen LogP contribution < -0.4 is 5.73 Å². The van der Waals surface area contributed by atoms with Gasteiger partial charge in [-0.1, -0.05) is 11.6 Å². The molecular formula is C9H11ClFNO2. The fourth-order valence-corrected chi connectivity index (χ4v) is 1.44. The van der Waals surface area contributed by atoms with Gasteiger partial charge in [-0.05, 0) is 25.1 Å². The zero-order chi connectivity index (χ0) is 10.7. The lowest BCUT2D eigenvalue weighted by atomic mass is 10.1. The average Bonchev–Trinajstić information content (AvgIpc) is 2.13. The number of halogens is 2. The molecule has 78 valence electrons. The van der Waals surface area contributed by atoms with E-state index in [1.165, 1.54) is 6.07 Å². The Balaban J connectivity index is 3.11. The molecule has 0 saturated heterocycles. The molecule has 0 amide bonds. The van der Waals surface area contributed by atoms with Crippen LogP contribution in [0, 0.1) is 5.82 Å². The SMILES string of the molecule is NCCC(O)c1c(Cl)ccc(O)c1F. The Kier molecular flexibility index (Phi) is 3.69. The minimum atomic E-state index is -1.08. The van der Waals surface area contributed by atoms with Crippen molar-refractivity contribution in [2.75, 3.05) is 6.54 Å². The van der Waals surface area contributed by atoms with Crippen molar-refractivity contribution in [1.82, 2.24) is 0 Å². The highest BCUT2D eigenvalue weighted by Crippen LogP contribution is 2.32. The van der Waals surface area contributed by atoms with Gasteiger partial charge in [-0.2, -0.15) is 0 Å². The maximum Gasteiger partial charge on any atom is 0.172 e. The summed E-state index contributed by atoms with van der Waals surface area (Å²) >= 11 is 5.68. The molecule has 4 N–H and O–H groups in total. The van der Waals surface area contributed by atoms with Crippen molar-refractivity contribution in [2.24, 2.45) is 5.73 Å². The lowest BCUT2D eigenvalue weighted by molar-refractivity contribution is 0.165. The number of aromatic hydroxyl groups is 1. The number of aliphatic hydroxyl groups excluding tert-OH is 1. The van der Waals surface area contributed by atoms with E-state index in [-0.39, 0.29) is 23.6 Å². The molecule has 0 spiro atoms. The molecule has 1 aromatic rings. The van der Waals surface area contributed by atoms with Gasteiger partial charge in [-0.3, -0.25) is 0 Å². The summed E-state index contributed by atoms with van der Waals surface area (Å²) in [6.45, 7) is 0.215. The Morgan fingerprint density at radius 2 is 2.14 bits per heavy atom. The van der Waals surface area contributed by atoms with Crippen LogP contribution in [-0.2, 0) is 0 Å². The van der Waals surface area contributed by atoms with Crippen molar-refractivity contribution in [2.45, 2.75) is 12.5 Å².